The summed E-state index contributed by atoms with van der Waals surface area (Å²) in [5.74, 6) is 2.46. The van der Waals surface area contributed by atoms with Crippen LogP contribution in [0.2, 0.25) is 5.02 Å². The summed E-state index contributed by atoms with van der Waals surface area (Å²) in [5, 5.41) is 0.849. The van der Waals surface area contributed by atoms with Gasteiger partial charge in [0.05, 0.1) is 6.61 Å². The van der Waals surface area contributed by atoms with Crippen LogP contribution in [0.5, 0.6) is 5.75 Å². The molecule has 1 aliphatic carbocycles. The van der Waals surface area contributed by atoms with Crippen molar-refractivity contribution >= 4 is 11.6 Å². The van der Waals surface area contributed by atoms with Gasteiger partial charge in [-0.2, -0.15) is 0 Å². The largest absolute Gasteiger partial charge is 0.493 e. The first kappa shape index (κ1) is 14.2. The third-order valence-corrected chi connectivity index (χ3v) is 5.14. The number of rotatable bonds is 3. The normalized spacial score (nSPS) is 25.9. The molecule has 3 rings (SSSR count). The van der Waals surface area contributed by atoms with Crippen LogP contribution >= 0.6 is 11.6 Å². The molecule has 1 fully saturated rings. The Morgan fingerprint density at radius 1 is 1.15 bits per heavy atom. The standard InChI is InChI=1S/C17H24ClNO/c18-16-9-13-6-7-20-17(13)15(10-16)8-12-4-2-1-3-5-14(12)11-19/h9-10,12,14H,1-8,11,19H2. The molecule has 1 aromatic rings. The third kappa shape index (κ3) is 2.96. The van der Waals surface area contributed by atoms with Crippen LogP contribution in [0.1, 0.15) is 43.2 Å². The van der Waals surface area contributed by atoms with E-state index in [2.05, 4.69) is 12.1 Å². The van der Waals surface area contributed by atoms with Gasteiger partial charge in [-0.15, -0.1) is 0 Å². The van der Waals surface area contributed by atoms with Crippen molar-refractivity contribution in [3.63, 3.8) is 0 Å². The van der Waals surface area contributed by atoms with Crippen molar-refractivity contribution < 1.29 is 4.74 Å². The van der Waals surface area contributed by atoms with Crippen LogP contribution in [0.25, 0.3) is 0 Å². The molecule has 0 spiro atoms. The van der Waals surface area contributed by atoms with Crippen molar-refractivity contribution in [1.82, 2.24) is 0 Å². The number of nitrogens with two attached hydrogens (primary N) is 1. The molecule has 0 amide bonds. The summed E-state index contributed by atoms with van der Waals surface area (Å²) in [7, 11) is 0. The molecule has 2 unspecified atom stereocenters. The van der Waals surface area contributed by atoms with Crippen LogP contribution in [0, 0.1) is 11.8 Å². The molecule has 2 atom stereocenters. The Bertz CT molecular complexity index is 474. The number of ether oxygens (including phenoxy) is 1. The first-order valence-electron chi connectivity index (χ1n) is 7.92. The lowest BCUT2D eigenvalue weighted by Gasteiger charge is -2.24. The van der Waals surface area contributed by atoms with Gasteiger partial charge in [0.25, 0.3) is 0 Å². The fourth-order valence-corrected chi connectivity index (χ4v) is 4.08. The molecule has 1 aliphatic heterocycles. The van der Waals surface area contributed by atoms with Crippen LogP contribution in [0.15, 0.2) is 12.1 Å². The average Bonchev–Trinajstić information content (AvgIpc) is 2.78. The van der Waals surface area contributed by atoms with E-state index in [9.17, 15) is 0 Å². The summed E-state index contributed by atoms with van der Waals surface area (Å²) < 4.78 is 5.84. The molecule has 110 valence electrons. The maximum Gasteiger partial charge on any atom is 0.125 e. The van der Waals surface area contributed by atoms with E-state index < -0.39 is 0 Å². The molecular formula is C17H24ClNO. The van der Waals surface area contributed by atoms with Crippen LogP contribution in [0.4, 0.5) is 0 Å². The number of benzene rings is 1. The lowest BCUT2D eigenvalue weighted by atomic mass is 9.83. The summed E-state index contributed by atoms with van der Waals surface area (Å²) in [6.07, 6.45) is 8.68. The third-order valence-electron chi connectivity index (χ3n) is 4.93. The van der Waals surface area contributed by atoms with Crippen molar-refractivity contribution in [2.24, 2.45) is 17.6 Å². The average molecular weight is 294 g/mol. The van der Waals surface area contributed by atoms with Gasteiger partial charge in [0.1, 0.15) is 5.75 Å². The monoisotopic (exact) mass is 293 g/mol. The van der Waals surface area contributed by atoms with Crippen molar-refractivity contribution in [1.29, 1.82) is 0 Å². The van der Waals surface area contributed by atoms with Gasteiger partial charge < -0.3 is 10.5 Å². The highest BCUT2D eigenvalue weighted by atomic mass is 35.5. The van der Waals surface area contributed by atoms with Gasteiger partial charge in [0.2, 0.25) is 0 Å². The second-order valence-electron chi connectivity index (χ2n) is 6.25. The Labute approximate surface area is 126 Å². The van der Waals surface area contributed by atoms with Gasteiger partial charge >= 0.3 is 0 Å². The summed E-state index contributed by atoms with van der Waals surface area (Å²) in [5.41, 5.74) is 8.59. The van der Waals surface area contributed by atoms with Crippen molar-refractivity contribution in [3.8, 4) is 5.75 Å². The summed E-state index contributed by atoms with van der Waals surface area (Å²) >= 11 is 6.27. The van der Waals surface area contributed by atoms with E-state index in [1.807, 2.05) is 0 Å². The lowest BCUT2D eigenvalue weighted by molar-refractivity contribution is 0.309. The van der Waals surface area contributed by atoms with E-state index in [0.29, 0.717) is 11.8 Å². The van der Waals surface area contributed by atoms with Gasteiger partial charge in [0, 0.05) is 11.4 Å². The highest BCUT2D eigenvalue weighted by Gasteiger charge is 2.26. The van der Waals surface area contributed by atoms with Crippen molar-refractivity contribution in [2.75, 3.05) is 13.2 Å². The van der Waals surface area contributed by atoms with Gasteiger partial charge in [-0.1, -0.05) is 30.9 Å². The fourth-order valence-electron chi connectivity index (χ4n) is 3.82. The molecule has 0 aromatic heterocycles. The van der Waals surface area contributed by atoms with E-state index in [0.717, 1.165) is 36.8 Å². The van der Waals surface area contributed by atoms with Crippen LogP contribution < -0.4 is 10.5 Å². The Morgan fingerprint density at radius 3 is 2.75 bits per heavy atom. The Balaban J connectivity index is 1.82. The van der Waals surface area contributed by atoms with Gasteiger partial charge in [-0.05, 0) is 60.9 Å². The van der Waals surface area contributed by atoms with Crippen LogP contribution in [-0.2, 0) is 12.8 Å². The predicted molar refractivity (Wildman–Crippen MR) is 83.5 cm³/mol. The fraction of sp³-hybridized carbons (Fsp3) is 0.647. The molecule has 2 aliphatic rings. The zero-order chi connectivity index (χ0) is 13.9. The van der Waals surface area contributed by atoms with Crippen LogP contribution in [0.3, 0.4) is 0 Å². The molecule has 20 heavy (non-hydrogen) atoms. The molecule has 0 bridgehead atoms. The SMILES string of the molecule is NCC1CCCCCC1Cc1cc(Cl)cc2c1OCC2. The van der Waals surface area contributed by atoms with Gasteiger partial charge in [-0.3, -0.25) is 0 Å². The Morgan fingerprint density at radius 2 is 1.95 bits per heavy atom. The minimum Gasteiger partial charge on any atom is -0.493 e. The van der Waals surface area contributed by atoms with Gasteiger partial charge in [0.15, 0.2) is 0 Å². The number of hydrogen-bond donors (Lipinski definition) is 1. The quantitative estimate of drug-likeness (QED) is 0.856. The van der Waals surface area contributed by atoms with Gasteiger partial charge in [-0.25, -0.2) is 0 Å². The van der Waals surface area contributed by atoms with E-state index in [4.69, 9.17) is 22.1 Å². The molecule has 2 N–H and O–H groups in total. The zero-order valence-corrected chi connectivity index (χ0v) is 12.8. The van der Waals surface area contributed by atoms with Crippen molar-refractivity contribution in [3.05, 3.63) is 28.3 Å². The van der Waals surface area contributed by atoms with E-state index in [1.54, 1.807) is 0 Å². The maximum absolute atomic E-state index is 6.27. The number of fused-ring (bicyclic) bond motifs is 1. The van der Waals surface area contributed by atoms with E-state index in [1.165, 1.54) is 43.2 Å². The zero-order valence-electron chi connectivity index (χ0n) is 12.0. The smallest absolute Gasteiger partial charge is 0.125 e. The summed E-state index contributed by atoms with van der Waals surface area (Å²) in [6, 6.07) is 4.16. The highest BCUT2D eigenvalue weighted by Crippen LogP contribution is 2.37. The van der Waals surface area contributed by atoms with E-state index in [-0.39, 0.29) is 0 Å². The first-order chi connectivity index (χ1) is 9.78. The van der Waals surface area contributed by atoms with Crippen molar-refractivity contribution in [2.45, 2.75) is 44.9 Å². The second-order valence-corrected chi connectivity index (χ2v) is 6.69. The molecule has 0 radical (unpaired) electrons. The lowest BCUT2D eigenvalue weighted by Crippen LogP contribution is -2.24. The highest BCUT2D eigenvalue weighted by molar-refractivity contribution is 6.30. The minimum absolute atomic E-state index is 0.661. The molecule has 1 saturated carbocycles. The molecule has 1 heterocycles. The number of halogens is 1. The summed E-state index contributed by atoms with van der Waals surface area (Å²) in [4.78, 5) is 0. The minimum atomic E-state index is 0.661. The number of hydrogen-bond acceptors (Lipinski definition) is 2. The van der Waals surface area contributed by atoms with Crippen LogP contribution in [-0.4, -0.2) is 13.2 Å². The Hall–Kier alpha value is -0.730. The summed E-state index contributed by atoms with van der Waals surface area (Å²) in [6.45, 7) is 1.61. The molecule has 2 nitrogen and oxygen atoms in total. The topological polar surface area (TPSA) is 35.2 Å². The molecule has 0 saturated heterocycles. The molecular weight excluding hydrogens is 270 g/mol. The first-order valence-corrected chi connectivity index (χ1v) is 8.30. The molecule has 3 heteroatoms. The predicted octanol–water partition coefficient (Wildman–Crippen LogP) is 3.97. The van der Waals surface area contributed by atoms with E-state index >= 15 is 0 Å². The Kier molecular flexibility index (Phi) is 4.52. The maximum atomic E-state index is 6.27. The second kappa shape index (κ2) is 6.36. The molecule has 1 aromatic carbocycles.